The summed E-state index contributed by atoms with van der Waals surface area (Å²) < 4.78 is 5.81. The predicted octanol–water partition coefficient (Wildman–Crippen LogP) is 4.37. The van der Waals surface area contributed by atoms with E-state index in [2.05, 4.69) is 15.3 Å². The predicted molar refractivity (Wildman–Crippen MR) is 102 cm³/mol. The van der Waals surface area contributed by atoms with E-state index >= 15 is 0 Å². The van der Waals surface area contributed by atoms with E-state index in [0.717, 1.165) is 33.1 Å². The maximum atomic E-state index is 12.4. The van der Waals surface area contributed by atoms with Gasteiger partial charge in [-0.1, -0.05) is 24.3 Å². The van der Waals surface area contributed by atoms with Gasteiger partial charge in [0.25, 0.3) is 0 Å². The molecule has 0 spiro atoms. The van der Waals surface area contributed by atoms with E-state index in [1.165, 1.54) is 11.3 Å². The molecule has 0 aliphatic carbocycles. The number of aromatic nitrogens is 2. The van der Waals surface area contributed by atoms with Gasteiger partial charge in [0.15, 0.2) is 0 Å². The number of nitrogens with zero attached hydrogens (tertiary/aromatic N) is 2. The number of hydrogen-bond acceptors (Lipinski definition) is 5. The summed E-state index contributed by atoms with van der Waals surface area (Å²) in [4.78, 5) is 21.1. The normalized spacial score (nSPS) is 12.2. The summed E-state index contributed by atoms with van der Waals surface area (Å²) in [7, 11) is 0. The third kappa shape index (κ3) is 3.50. The quantitative estimate of drug-likeness (QED) is 0.572. The van der Waals surface area contributed by atoms with Gasteiger partial charge in [0.2, 0.25) is 5.91 Å². The number of furan rings is 1. The summed E-state index contributed by atoms with van der Waals surface area (Å²) in [6.45, 7) is 1.91. The Bertz CT molecular complexity index is 1010. The molecule has 5 nitrogen and oxygen atoms in total. The molecule has 1 atom stereocenters. The van der Waals surface area contributed by atoms with Gasteiger partial charge in [0.1, 0.15) is 16.4 Å². The number of nitrogens with one attached hydrogen (secondary N) is 1. The fraction of sp³-hybridized carbons (Fsp3) is 0.150. The van der Waals surface area contributed by atoms with Crippen molar-refractivity contribution in [3.8, 4) is 10.7 Å². The van der Waals surface area contributed by atoms with E-state index in [4.69, 9.17) is 4.42 Å². The Labute approximate surface area is 154 Å². The first-order valence-electron chi connectivity index (χ1n) is 8.33. The van der Waals surface area contributed by atoms with E-state index in [1.807, 2.05) is 60.8 Å². The third-order valence-corrected chi connectivity index (χ3v) is 4.94. The first-order chi connectivity index (χ1) is 12.7. The van der Waals surface area contributed by atoms with Crippen LogP contribution in [0.15, 0.2) is 64.5 Å². The van der Waals surface area contributed by atoms with Gasteiger partial charge in [-0.15, -0.1) is 11.3 Å². The molecule has 4 rings (SSSR count). The van der Waals surface area contributed by atoms with Crippen LogP contribution in [0.5, 0.6) is 0 Å². The zero-order chi connectivity index (χ0) is 17.9. The summed E-state index contributed by atoms with van der Waals surface area (Å²) in [5.74, 6) is 0.655. The van der Waals surface area contributed by atoms with E-state index in [9.17, 15) is 4.79 Å². The van der Waals surface area contributed by atoms with Crippen molar-refractivity contribution in [1.82, 2.24) is 15.3 Å². The number of fused-ring (bicyclic) bond motifs is 1. The Balaban J connectivity index is 1.41. The van der Waals surface area contributed by atoms with Gasteiger partial charge in [-0.25, -0.2) is 4.98 Å². The minimum Gasteiger partial charge on any atom is -0.459 e. The van der Waals surface area contributed by atoms with Crippen LogP contribution in [0.4, 0.5) is 0 Å². The van der Waals surface area contributed by atoms with E-state index in [1.54, 1.807) is 6.20 Å². The Morgan fingerprint density at radius 3 is 2.88 bits per heavy atom. The van der Waals surface area contributed by atoms with Crippen molar-refractivity contribution in [2.24, 2.45) is 0 Å². The average Bonchev–Trinajstić information content (AvgIpc) is 3.29. The summed E-state index contributed by atoms with van der Waals surface area (Å²) in [5, 5.41) is 6.72. The van der Waals surface area contributed by atoms with Crippen molar-refractivity contribution in [3.05, 3.63) is 71.6 Å². The second-order valence-electron chi connectivity index (χ2n) is 6.01. The van der Waals surface area contributed by atoms with Gasteiger partial charge in [-0.3, -0.25) is 9.78 Å². The fourth-order valence-electron chi connectivity index (χ4n) is 2.74. The number of amides is 1. The highest BCUT2D eigenvalue weighted by molar-refractivity contribution is 7.13. The van der Waals surface area contributed by atoms with Gasteiger partial charge in [-0.2, -0.15) is 0 Å². The molecule has 3 aromatic heterocycles. The molecule has 0 bridgehead atoms. The molecule has 0 radical (unpaired) electrons. The summed E-state index contributed by atoms with van der Waals surface area (Å²) in [5.41, 5.74) is 2.38. The van der Waals surface area contributed by atoms with Crippen LogP contribution in [0.2, 0.25) is 0 Å². The van der Waals surface area contributed by atoms with Crippen LogP contribution in [0.1, 0.15) is 24.4 Å². The van der Waals surface area contributed by atoms with Gasteiger partial charge in [0.05, 0.1) is 23.9 Å². The molecule has 130 valence electrons. The highest BCUT2D eigenvalue weighted by Crippen LogP contribution is 2.24. The Hall–Kier alpha value is -2.99. The van der Waals surface area contributed by atoms with Crippen molar-refractivity contribution in [2.45, 2.75) is 19.4 Å². The van der Waals surface area contributed by atoms with Gasteiger partial charge in [0, 0.05) is 17.0 Å². The lowest BCUT2D eigenvalue weighted by Crippen LogP contribution is -2.27. The van der Waals surface area contributed by atoms with E-state index in [-0.39, 0.29) is 18.4 Å². The van der Waals surface area contributed by atoms with Crippen molar-refractivity contribution < 1.29 is 9.21 Å². The number of rotatable bonds is 5. The zero-order valence-electron chi connectivity index (χ0n) is 14.2. The number of carbonyl (C=O) groups excluding carboxylic acids is 1. The minimum atomic E-state index is -0.205. The summed E-state index contributed by atoms with van der Waals surface area (Å²) in [6, 6.07) is 15.3. The molecular weight excluding hydrogens is 346 g/mol. The molecule has 1 unspecified atom stereocenters. The first kappa shape index (κ1) is 16.5. The summed E-state index contributed by atoms with van der Waals surface area (Å²) in [6.07, 6.45) is 1.96. The number of pyridine rings is 1. The minimum absolute atomic E-state index is 0.0872. The second-order valence-corrected chi connectivity index (χ2v) is 6.87. The van der Waals surface area contributed by atoms with Crippen LogP contribution in [0.25, 0.3) is 21.7 Å². The van der Waals surface area contributed by atoms with E-state index < -0.39 is 0 Å². The lowest BCUT2D eigenvalue weighted by molar-refractivity contribution is -0.121. The SMILES string of the molecule is CC(NC(=O)Cc1csc(-c2ccccn2)n1)c1cc2ccccc2o1. The van der Waals surface area contributed by atoms with Crippen LogP contribution < -0.4 is 5.32 Å². The fourth-order valence-corrected chi connectivity index (χ4v) is 3.53. The lowest BCUT2D eigenvalue weighted by atomic mass is 10.2. The molecule has 0 aliphatic rings. The number of hydrogen-bond donors (Lipinski definition) is 1. The summed E-state index contributed by atoms with van der Waals surface area (Å²) >= 11 is 1.49. The Morgan fingerprint density at radius 1 is 1.23 bits per heavy atom. The topological polar surface area (TPSA) is 68.0 Å². The van der Waals surface area contributed by atoms with Gasteiger partial charge >= 0.3 is 0 Å². The molecule has 0 saturated heterocycles. The number of benzene rings is 1. The Morgan fingerprint density at radius 2 is 2.08 bits per heavy atom. The van der Waals surface area contributed by atoms with Crippen LogP contribution in [-0.4, -0.2) is 15.9 Å². The number of carbonyl (C=O) groups is 1. The third-order valence-electron chi connectivity index (χ3n) is 4.03. The largest absolute Gasteiger partial charge is 0.459 e. The van der Waals surface area contributed by atoms with E-state index in [0.29, 0.717) is 0 Å². The first-order valence-corrected chi connectivity index (χ1v) is 9.20. The van der Waals surface area contributed by atoms with Crippen LogP contribution in [-0.2, 0) is 11.2 Å². The molecule has 0 saturated carbocycles. The van der Waals surface area contributed by atoms with Crippen LogP contribution >= 0.6 is 11.3 Å². The molecule has 1 aromatic carbocycles. The standard InChI is InChI=1S/C20H17N3O2S/c1-13(18-10-14-6-2-3-8-17(14)25-18)22-19(24)11-15-12-26-20(23-15)16-7-4-5-9-21-16/h2-10,12-13H,11H2,1H3,(H,22,24). The van der Waals surface area contributed by atoms with Crippen molar-refractivity contribution in [1.29, 1.82) is 0 Å². The second kappa shape index (κ2) is 7.09. The maximum absolute atomic E-state index is 12.4. The number of para-hydroxylation sites is 1. The highest BCUT2D eigenvalue weighted by atomic mass is 32.1. The molecule has 0 fully saturated rings. The van der Waals surface area contributed by atoms with Crippen molar-refractivity contribution in [2.75, 3.05) is 0 Å². The molecule has 4 aromatic rings. The van der Waals surface area contributed by atoms with Crippen LogP contribution in [0.3, 0.4) is 0 Å². The maximum Gasteiger partial charge on any atom is 0.226 e. The number of thiazole rings is 1. The smallest absolute Gasteiger partial charge is 0.226 e. The monoisotopic (exact) mass is 363 g/mol. The molecule has 3 heterocycles. The van der Waals surface area contributed by atoms with Crippen molar-refractivity contribution >= 4 is 28.2 Å². The molecular formula is C20H17N3O2S. The molecule has 26 heavy (non-hydrogen) atoms. The van der Waals surface area contributed by atoms with Crippen molar-refractivity contribution in [3.63, 3.8) is 0 Å². The van der Waals surface area contributed by atoms with Crippen LogP contribution in [0, 0.1) is 0 Å². The average molecular weight is 363 g/mol. The Kier molecular flexibility index (Phi) is 4.50. The van der Waals surface area contributed by atoms with Gasteiger partial charge < -0.3 is 9.73 Å². The molecule has 0 aliphatic heterocycles. The zero-order valence-corrected chi connectivity index (χ0v) is 15.0. The molecule has 6 heteroatoms. The van der Waals surface area contributed by atoms with Gasteiger partial charge in [-0.05, 0) is 31.2 Å². The lowest BCUT2D eigenvalue weighted by Gasteiger charge is -2.10. The highest BCUT2D eigenvalue weighted by Gasteiger charge is 2.16. The molecule has 1 amide bonds. The molecule has 1 N–H and O–H groups in total.